The van der Waals surface area contributed by atoms with Crippen LogP contribution in [0.4, 0.5) is 0 Å². The predicted molar refractivity (Wildman–Crippen MR) is 82.3 cm³/mol. The normalized spacial score (nSPS) is 11.7. The molecule has 1 amide bonds. The fraction of sp³-hybridized carbons (Fsp3) is 0.294. The lowest BCUT2D eigenvalue weighted by molar-refractivity contribution is 0.0940. The summed E-state index contributed by atoms with van der Waals surface area (Å²) >= 11 is 0. The number of pyridine rings is 1. The van der Waals surface area contributed by atoms with Gasteiger partial charge in [-0.3, -0.25) is 9.78 Å². The predicted octanol–water partition coefficient (Wildman–Crippen LogP) is 3.36. The summed E-state index contributed by atoms with van der Waals surface area (Å²) in [5.41, 5.74) is 1.65. The van der Waals surface area contributed by atoms with E-state index in [9.17, 15) is 4.79 Å². The molecule has 0 radical (unpaired) electrons. The number of ether oxygens (including phenoxy) is 1. The van der Waals surface area contributed by atoms with Crippen LogP contribution in [0.3, 0.4) is 0 Å². The molecule has 0 saturated carbocycles. The van der Waals surface area contributed by atoms with E-state index in [0.29, 0.717) is 12.2 Å². The van der Waals surface area contributed by atoms with E-state index in [4.69, 9.17) is 4.74 Å². The van der Waals surface area contributed by atoms with Crippen LogP contribution in [0.1, 0.15) is 42.2 Å². The van der Waals surface area contributed by atoms with Gasteiger partial charge in [0.25, 0.3) is 5.91 Å². The molecule has 0 bridgehead atoms. The number of carbonyl (C=O) groups excluding carboxylic acids is 1. The number of aromatic nitrogens is 1. The number of amides is 1. The van der Waals surface area contributed by atoms with Gasteiger partial charge in [-0.2, -0.15) is 0 Å². The molecule has 0 aliphatic heterocycles. The smallest absolute Gasteiger partial charge is 0.251 e. The molecule has 1 atom stereocenters. The second kappa shape index (κ2) is 7.43. The first-order chi connectivity index (χ1) is 10.2. The van der Waals surface area contributed by atoms with Crippen LogP contribution in [0.2, 0.25) is 0 Å². The second-order valence-corrected chi connectivity index (χ2v) is 4.85. The van der Waals surface area contributed by atoms with E-state index in [2.05, 4.69) is 17.2 Å². The summed E-state index contributed by atoms with van der Waals surface area (Å²) in [6.45, 7) is 4.69. The molecule has 0 spiro atoms. The van der Waals surface area contributed by atoms with Crippen molar-refractivity contribution >= 4 is 5.91 Å². The molecular weight excluding hydrogens is 264 g/mol. The minimum atomic E-state index is -0.0960. The second-order valence-electron chi connectivity index (χ2n) is 4.85. The van der Waals surface area contributed by atoms with Gasteiger partial charge in [0.2, 0.25) is 0 Å². The number of hydrogen-bond donors (Lipinski definition) is 1. The Kier molecular flexibility index (Phi) is 5.32. The fourth-order valence-corrected chi connectivity index (χ4v) is 1.94. The van der Waals surface area contributed by atoms with Crippen molar-refractivity contribution in [2.24, 2.45) is 0 Å². The van der Waals surface area contributed by atoms with Crippen molar-refractivity contribution in [3.63, 3.8) is 0 Å². The van der Waals surface area contributed by atoms with Crippen molar-refractivity contribution in [1.82, 2.24) is 10.3 Å². The maximum absolute atomic E-state index is 12.2. The van der Waals surface area contributed by atoms with Crippen molar-refractivity contribution in [3.8, 4) is 5.75 Å². The number of carbonyl (C=O) groups is 1. The van der Waals surface area contributed by atoms with Crippen LogP contribution in [0.15, 0.2) is 48.8 Å². The van der Waals surface area contributed by atoms with Crippen LogP contribution in [0.25, 0.3) is 0 Å². The maximum atomic E-state index is 12.2. The van der Waals surface area contributed by atoms with E-state index >= 15 is 0 Å². The first kappa shape index (κ1) is 15.0. The lowest BCUT2D eigenvalue weighted by Crippen LogP contribution is -2.26. The Hall–Kier alpha value is -2.36. The molecule has 1 aromatic heterocycles. The summed E-state index contributed by atoms with van der Waals surface area (Å²) in [4.78, 5) is 16.2. The van der Waals surface area contributed by atoms with E-state index in [1.165, 1.54) is 0 Å². The molecule has 2 aromatic rings. The Balaban J connectivity index is 1.97. The van der Waals surface area contributed by atoms with Gasteiger partial charge in [-0.1, -0.05) is 6.92 Å². The monoisotopic (exact) mass is 284 g/mol. The van der Waals surface area contributed by atoms with Crippen LogP contribution >= 0.6 is 0 Å². The van der Waals surface area contributed by atoms with Gasteiger partial charge in [-0.25, -0.2) is 0 Å². The van der Waals surface area contributed by atoms with E-state index in [1.807, 2.05) is 31.2 Å². The third-order valence-electron chi connectivity index (χ3n) is 3.14. The summed E-state index contributed by atoms with van der Waals surface area (Å²) in [6.07, 6.45) is 4.40. The Morgan fingerprint density at radius 2 is 1.86 bits per heavy atom. The molecule has 21 heavy (non-hydrogen) atoms. The molecular formula is C17H20N2O2. The van der Waals surface area contributed by atoms with Gasteiger partial charge in [0, 0.05) is 18.0 Å². The van der Waals surface area contributed by atoms with Crippen LogP contribution in [-0.4, -0.2) is 17.5 Å². The highest BCUT2D eigenvalue weighted by molar-refractivity contribution is 5.94. The van der Waals surface area contributed by atoms with Crippen molar-refractivity contribution in [2.45, 2.75) is 26.3 Å². The zero-order valence-electron chi connectivity index (χ0n) is 12.4. The summed E-state index contributed by atoms with van der Waals surface area (Å²) < 4.78 is 5.50. The highest BCUT2D eigenvalue weighted by Crippen LogP contribution is 2.15. The van der Waals surface area contributed by atoms with E-state index in [0.717, 1.165) is 17.7 Å². The van der Waals surface area contributed by atoms with Gasteiger partial charge in [0.15, 0.2) is 0 Å². The largest absolute Gasteiger partial charge is 0.494 e. The fourth-order valence-electron chi connectivity index (χ4n) is 1.94. The lowest BCUT2D eigenvalue weighted by atomic mass is 10.1. The summed E-state index contributed by atoms with van der Waals surface area (Å²) in [5, 5.41) is 2.97. The molecule has 0 aliphatic rings. The lowest BCUT2D eigenvalue weighted by Gasteiger charge is -2.14. The van der Waals surface area contributed by atoms with Gasteiger partial charge in [0.1, 0.15) is 5.75 Å². The number of nitrogens with zero attached hydrogens (tertiary/aromatic N) is 1. The average molecular weight is 284 g/mol. The number of benzene rings is 1. The zero-order valence-corrected chi connectivity index (χ0v) is 12.4. The highest BCUT2D eigenvalue weighted by atomic mass is 16.5. The molecule has 2 rings (SSSR count). The molecule has 0 saturated heterocycles. The summed E-state index contributed by atoms with van der Waals surface area (Å²) in [7, 11) is 0. The van der Waals surface area contributed by atoms with Crippen molar-refractivity contribution in [3.05, 3.63) is 59.9 Å². The first-order valence-electron chi connectivity index (χ1n) is 7.14. The molecule has 1 heterocycles. The first-order valence-corrected chi connectivity index (χ1v) is 7.14. The molecule has 0 fully saturated rings. The molecule has 110 valence electrons. The van der Waals surface area contributed by atoms with Gasteiger partial charge in [-0.15, -0.1) is 0 Å². The van der Waals surface area contributed by atoms with Crippen LogP contribution in [0, 0.1) is 0 Å². The van der Waals surface area contributed by atoms with Crippen molar-refractivity contribution in [2.75, 3.05) is 6.61 Å². The van der Waals surface area contributed by atoms with Gasteiger partial charge >= 0.3 is 0 Å². The van der Waals surface area contributed by atoms with Crippen LogP contribution in [0.5, 0.6) is 5.75 Å². The Morgan fingerprint density at radius 3 is 2.48 bits per heavy atom. The van der Waals surface area contributed by atoms with Gasteiger partial charge in [0.05, 0.1) is 12.6 Å². The molecule has 0 aliphatic carbocycles. The summed E-state index contributed by atoms with van der Waals surface area (Å²) in [5.74, 6) is 0.692. The Labute approximate surface area is 125 Å². The highest BCUT2D eigenvalue weighted by Gasteiger charge is 2.11. The number of nitrogens with one attached hydrogen (secondary N) is 1. The molecule has 1 unspecified atom stereocenters. The van der Waals surface area contributed by atoms with Gasteiger partial charge in [-0.05, 0) is 55.3 Å². The standard InChI is InChI=1S/C17H20N2O2/c1-3-12-21-16-6-4-15(5-7-16)17(20)19-13(2)14-8-10-18-11-9-14/h4-11,13H,3,12H2,1-2H3,(H,19,20). The third kappa shape index (κ3) is 4.31. The maximum Gasteiger partial charge on any atom is 0.251 e. The number of hydrogen-bond acceptors (Lipinski definition) is 3. The zero-order chi connectivity index (χ0) is 15.1. The number of rotatable bonds is 6. The van der Waals surface area contributed by atoms with Crippen molar-refractivity contribution in [1.29, 1.82) is 0 Å². The van der Waals surface area contributed by atoms with Crippen LogP contribution in [-0.2, 0) is 0 Å². The molecule has 1 N–H and O–H groups in total. The Bertz CT molecular complexity index is 567. The van der Waals surface area contributed by atoms with E-state index < -0.39 is 0 Å². The minimum Gasteiger partial charge on any atom is -0.494 e. The molecule has 1 aromatic carbocycles. The average Bonchev–Trinajstić information content (AvgIpc) is 2.54. The topological polar surface area (TPSA) is 51.2 Å². The molecule has 4 nitrogen and oxygen atoms in total. The third-order valence-corrected chi connectivity index (χ3v) is 3.14. The van der Waals surface area contributed by atoms with Crippen LogP contribution < -0.4 is 10.1 Å². The molecule has 4 heteroatoms. The Morgan fingerprint density at radius 1 is 1.19 bits per heavy atom. The van der Waals surface area contributed by atoms with E-state index in [-0.39, 0.29) is 11.9 Å². The quantitative estimate of drug-likeness (QED) is 0.885. The van der Waals surface area contributed by atoms with E-state index in [1.54, 1.807) is 24.5 Å². The van der Waals surface area contributed by atoms with Gasteiger partial charge < -0.3 is 10.1 Å². The SMILES string of the molecule is CCCOc1ccc(C(=O)NC(C)c2ccncc2)cc1. The van der Waals surface area contributed by atoms with Crippen molar-refractivity contribution < 1.29 is 9.53 Å². The summed E-state index contributed by atoms with van der Waals surface area (Å²) in [6, 6.07) is 10.9. The minimum absolute atomic E-state index is 0.0588.